The minimum Gasteiger partial charge on any atom is -0.465 e. The van der Waals surface area contributed by atoms with Crippen LogP contribution in [-0.4, -0.2) is 32.7 Å². The van der Waals surface area contributed by atoms with Gasteiger partial charge in [-0.05, 0) is 36.8 Å². The number of carbonyl (C=O) groups is 1. The smallest absolute Gasteiger partial charge is 0.337 e. The molecule has 6 nitrogen and oxygen atoms in total. The molecular weight excluding hydrogens is 348 g/mol. The number of benzene rings is 2. The molecule has 0 aliphatic carbocycles. The summed E-state index contributed by atoms with van der Waals surface area (Å²) in [5, 5.41) is 6.23. The fraction of sp³-hybridized carbons (Fsp3) is 0.158. The molecule has 0 aliphatic rings. The predicted octanol–water partition coefficient (Wildman–Crippen LogP) is 3.66. The number of carbonyl (C=O) groups excluding carboxylic acids is 1. The normalized spacial score (nSPS) is 11.2. The quantitative estimate of drug-likeness (QED) is 0.313. The highest BCUT2D eigenvalue weighted by molar-refractivity contribution is 7.98. The summed E-state index contributed by atoms with van der Waals surface area (Å²) < 4.78 is 6.57. The third kappa shape index (κ3) is 3.01. The lowest BCUT2D eigenvalue weighted by atomic mass is 10.1. The van der Waals surface area contributed by atoms with Gasteiger partial charge >= 0.3 is 5.97 Å². The number of para-hydroxylation sites is 1. The fourth-order valence-electron chi connectivity index (χ4n) is 2.78. The molecule has 0 unspecified atom stereocenters. The molecule has 0 N–H and O–H groups in total. The summed E-state index contributed by atoms with van der Waals surface area (Å²) in [6.45, 7) is 1.87. The fourth-order valence-corrected chi connectivity index (χ4v) is 3.67. The Morgan fingerprint density at radius 2 is 2.00 bits per heavy atom. The van der Waals surface area contributed by atoms with E-state index in [0.29, 0.717) is 17.1 Å². The van der Waals surface area contributed by atoms with Gasteiger partial charge in [0, 0.05) is 11.1 Å². The molecule has 26 heavy (non-hydrogen) atoms. The zero-order valence-electron chi connectivity index (χ0n) is 14.3. The van der Waals surface area contributed by atoms with E-state index in [4.69, 9.17) is 9.72 Å². The Labute approximate surface area is 154 Å². The van der Waals surface area contributed by atoms with Crippen molar-refractivity contribution in [2.75, 3.05) is 7.11 Å². The number of hydrogen-bond donors (Lipinski definition) is 0. The number of hydrogen-bond acceptors (Lipinski definition) is 6. The maximum Gasteiger partial charge on any atom is 0.337 e. The summed E-state index contributed by atoms with van der Waals surface area (Å²) in [6, 6.07) is 15.3. The molecule has 0 radical (unpaired) electrons. The molecule has 4 aromatic rings. The number of fused-ring (bicyclic) bond motifs is 3. The molecule has 4 rings (SSSR count). The number of nitrogens with zero attached hydrogens (tertiary/aromatic N) is 4. The van der Waals surface area contributed by atoms with Crippen molar-refractivity contribution >= 4 is 34.3 Å². The van der Waals surface area contributed by atoms with E-state index in [0.717, 1.165) is 27.3 Å². The number of aryl methyl sites for hydroxylation is 1. The Hall–Kier alpha value is -2.93. The number of thioether (sulfide) groups is 1. The van der Waals surface area contributed by atoms with Crippen LogP contribution < -0.4 is 0 Å². The number of methoxy groups -OCH3 is 1. The van der Waals surface area contributed by atoms with Gasteiger partial charge < -0.3 is 4.74 Å². The van der Waals surface area contributed by atoms with Crippen molar-refractivity contribution in [1.29, 1.82) is 0 Å². The average molecular weight is 364 g/mol. The summed E-state index contributed by atoms with van der Waals surface area (Å²) in [5.41, 5.74) is 3.24. The van der Waals surface area contributed by atoms with Crippen LogP contribution in [0.25, 0.3) is 16.6 Å². The topological polar surface area (TPSA) is 69.4 Å². The molecular formula is C19H16N4O2S. The van der Waals surface area contributed by atoms with Crippen molar-refractivity contribution in [3.05, 3.63) is 65.5 Å². The van der Waals surface area contributed by atoms with E-state index in [9.17, 15) is 4.79 Å². The van der Waals surface area contributed by atoms with Crippen LogP contribution in [0.3, 0.4) is 0 Å². The minimum absolute atomic E-state index is 0.338. The van der Waals surface area contributed by atoms with Gasteiger partial charge in [0.25, 0.3) is 0 Å². The van der Waals surface area contributed by atoms with Crippen LogP contribution in [0, 0.1) is 6.92 Å². The first-order valence-corrected chi connectivity index (χ1v) is 9.06. The molecule has 0 saturated heterocycles. The van der Waals surface area contributed by atoms with Gasteiger partial charge in [-0.1, -0.05) is 36.0 Å². The van der Waals surface area contributed by atoms with Gasteiger partial charge in [0.05, 0.1) is 18.2 Å². The van der Waals surface area contributed by atoms with Gasteiger partial charge in [0.1, 0.15) is 5.82 Å². The van der Waals surface area contributed by atoms with E-state index in [2.05, 4.69) is 10.1 Å². The van der Waals surface area contributed by atoms with Crippen molar-refractivity contribution in [2.45, 2.75) is 17.8 Å². The van der Waals surface area contributed by atoms with Crippen LogP contribution in [0.15, 0.2) is 53.7 Å². The second-order valence-electron chi connectivity index (χ2n) is 5.79. The molecule has 130 valence electrons. The summed E-state index contributed by atoms with van der Waals surface area (Å²) in [5.74, 6) is 1.03. The summed E-state index contributed by atoms with van der Waals surface area (Å²) in [4.78, 5) is 21.0. The first-order valence-electron chi connectivity index (χ1n) is 8.08. The molecule has 0 fully saturated rings. The Balaban J connectivity index is 1.70. The monoisotopic (exact) mass is 364 g/mol. The lowest BCUT2D eigenvalue weighted by molar-refractivity contribution is 0.0600. The van der Waals surface area contributed by atoms with Gasteiger partial charge in [-0.15, -0.1) is 5.10 Å². The largest absolute Gasteiger partial charge is 0.465 e. The molecule has 7 heteroatoms. The molecule has 0 atom stereocenters. The van der Waals surface area contributed by atoms with E-state index in [1.807, 2.05) is 49.4 Å². The Bertz CT molecular complexity index is 1120. The third-order valence-corrected chi connectivity index (χ3v) is 4.97. The van der Waals surface area contributed by atoms with Crippen molar-refractivity contribution in [1.82, 2.24) is 19.6 Å². The average Bonchev–Trinajstić information content (AvgIpc) is 3.07. The van der Waals surface area contributed by atoms with Crippen LogP contribution in [-0.2, 0) is 10.5 Å². The number of aromatic nitrogens is 4. The zero-order chi connectivity index (χ0) is 18.1. The van der Waals surface area contributed by atoms with Crippen LogP contribution in [0.1, 0.15) is 21.7 Å². The van der Waals surface area contributed by atoms with Crippen LogP contribution in [0.5, 0.6) is 0 Å². The lowest BCUT2D eigenvalue weighted by Crippen LogP contribution is -2.02. The minimum atomic E-state index is -0.338. The van der Waals surface area contributed by atoms with E-state index in [1.54, 1.807) is 22.3 Å². The highest BCUT2D eigenvalue weighted by Gasteiger charge is 2.13. The number of esters is 1. The van der Waals surface area contributed by atoms with Crippen LogP contribution in [0.2, 0.25) is 0 Å². The molecule has 0 amide bonds. The highest BCUT2D eigenvalue weighted by atomic mass is 32.2. The Morgan fingerprint density at radius 1 is 1.15 bits per heavy atom. The SMILES string of the molecule is COC(=O)c1cccc(CSc2nc3ccccc3c3nc(C)nn23)c1. The predicted molar refractivity (Wildman–Crippen MR) is 100 cm³/mol. The van der Waals surface area contributed by atoms with Gasteiger partial charge in [0.15, 0.2) is 10.8 Å². The molecule has 0 aliphatic heterocycles. The van der Waals surface area contributed by atoms with Crippen LogP contribution >= 0.6 is 11.8 Å². The van der Waals surface area contributed by atoms with E-state index in [1.165, 1.54) is 7.11 Å². The van der Waals surface area contributed by atoms with Gasteiger partial charge in [-0.3, -0.25) is 0 Å². The maximum atomic E-state index is 11.7. The van der Waals surface area contributed by atoms with Crippen molar-refractivity contribution < 1.29 is 9.53 Å². The first kappa shape index (κ1) is 16.5. The van der Waals surface area contributed by atoms with Gasteiger partial charge in [0.2, 0.25) is 0 Å². The van der Waals surface area contributed by atoms with Gasteiger partial charge in [-0.25, -0.2) is 14.8 Å². The lowest BCUT2D eigenvalue weighted by Gasteiger charge is -2.07. The van der Waals surface area contributed by atoms with E-state index >= 15 is 0 Å². The first-order chi connectivity index (χ1) is 12.7. The maximum absolute atomic E-state index is 11.7. The molecule has 0 spiro atoms. The van der Waals surface area contributed by atoms with Crippen molar-refractivity contribution in [3.8, 4) is 0 Å². The van der Waals surface area contributed by atoms with Crippen molar-refractivity contribution in [3.63, 3.8) is 0 Å². The summed E-state index contributed by atoms with van der Waals surface area (Å²) in [6.07, 6.45) is 0. The second-order valence-corrected chi connectivity index (χ2v) is 6.73. The summed E-state index contributed by atoms with van der Waals surface area (Å²) in [7, 11) is 1.38. The van der Waals surface area contributed by atoms with E-state index in [-0.39, 0.29) is 5.97 Å². The Kier molecular flexibility index (Phi) is 4.30. The third-order valence-electron chi connectivity index (χ3n) is 3.97. The number of ether oxygens (including phenoxy) is 1. The molecule has 0 bridgehead atoms. The van der Waals surface area contributed by atoms with Gasteiger partial charge in [-0.2, -0.15) is 4.52 Å². The van der Waals surface area contributed by atoms with E-state index < -0.39 is 0 Å². The molecule has 0 saturated carbocycles. The standard InChI is InChI=1S/C19H16N4O2S/c1-12-20-17-15-8-3-4-9-16(15)21-19(23(17)22-12)26-11-13-6-5-7-14(10-13)18(24)25-2/h3-10H,11H2,1-2H3. The van der Waals surface area contributed by atoms with Crippen LogP contribution in [0.4, 0.5) is 0 Å². The highest BCUT2D eigenvalue weighted by Crippen LogP contribution is 2.26. The second kappa shape index (κ2) is 6.76. The zero-order valence-corrected chi connectivity index (χ0v) is 15.2. The van der Waals surface area contributed by atoms with Crippen molar-refractivity contribution in [2.24, 2.45) is 0 Å². The number of rotatable bonds is 4. The molecule has 2 aromatic carbocycles. The molecule has 2 heterocycles. The molecule has 2 aromatic heterocycles. The Morgan fingerprint density at radius 3 is 2.85 bits per heavy atom. The summed E-state index contributed by atoms with van der Waals surface area (Å²) >= 11 is 1.56.